The van der Waals surface area contributed by atoms with Crippen molar-refractivity contribution >= 4 is 0 Å². The zero-order valence-electron chi connectivity index (χ0n) is 16.9. The second kappa shape index (κ2) is 5.34. The summed E-state index contributed by atoms with van der Waals surface area (Å²) in [5, 5.41) is 21.1. The molecule has 0 atom stereocenters. The monoisotopic (exact) mass is 368 g/mol. The average Bonchev–Trinajstić information content (AvgIpc) is 2.49. The number of fused-ring (bicyclic) bond motifs is 2. The van der Waals surface area contributed by atoms with Gasteiger partial charge >= 0.3 is 0 Å². The number of benzene rings is 2. The topological polar surface area (TPSA) is 58.9 Å². The van der Waals surface area contributed by atoms with Crippen LogP contribution in [0.2, 0.25) is 0 Å². The normalized spacial score (nSPS) is 21.0. The van der Waals surface area contributed by atoms with Crippen molar-refractivity contribution in [1.29, 1.82) is 0 Å². The third-order valence-electron chi connectivity index (χ3n) is 5.88. The minimum Gasteiger partial charge on any atom is -0.504 e. The molecule has 4 heteroatoms. The first-order valence-electron chi connectivity index (χ1n) is 9.49. The molecule has 0 saturated heterocycles. The van der Waals surface area contributed by atoms with Crippen molar-refractivity contribution in [3.05, 3.63) is 46.5 Å². The maximum absolute atomic E-state index is 10.6. The Morgan fingerprint density at radius 1 is 0.704 bits per heavy atom. The lowest BCUT2D eigenvalue weighted by molar-refractivity contribution is -0.168. The van der Waals surface area contributed by atoms with Crippen LogP contribution in [0.3, 0.4) is 0 Å². The average molecular weight is 368 g/mol. The van der Waals surface area contributed by atoms with Crippen LogP contribution in [0.5, 0.6) is 23.0 Å². The maximum atomic E-state index is 10.6. The molecule has 2 heterocycles. The van der Waals surface area contributed by atoms with Gasteiger partial charge < -0.3 is 19.7 Å². The van der Waals surface area contributed by atoms with Gasteiger partial charge in [-0.15, -0.1) is 0 Å². The summed E-state index contributed by atoms with van der Waals surface area (Å²) in [5.41, 5.74) is 3.50. The molecular weight excluding hydrogens is 340 g/mol. The Morgan fingerprint density at radius 3 is 1.44 bits per heavy atom. The van der Waals surface area contributed by atoms with Crippen molar-refractivity contribution in [2.24, 2.45) is 0 Å². The molecule has 2 N–H and O–H groups in total. The van der Waals surface area contributed by atoms with Crippen molar-refractivity contribution in [2.75, 3.05) is 0 Å². The Labute approximate surface area is 160 Å². The predicted molar refractivity (Wildman–Crippen MR) is 105 cm³/mol. The standard InChI is InChI=1S/C23H28O4/c1-13-7-15-19(17(24)9-13)26-23(11-21(15,3)4)12-22(5,6)16-8-14(2)10-18(25)20(16)27-23/h7-10,24-25H,11-12H2,1-6H3. The van der Waals surface area contributed by atoms with Crippen LogP contribution in [0.25, 0.3) is 0 Å². The van der Waals surface area contributed by atoms with Crippen molar-refractivity contribution in [3.8, 4) is 23.0 Å². The van der Waals surface area contributed by atoms with Crippen LogP contribution in [0.15, 0.2) is 24.3 Å². The van der Waals surface area contributed by atoms with E-state index in [2.05, 4.69) is 39.8 Å². The number of hydrogen-bond donors (Lipinski definition) is 2. The second-order valence-electron chi connectivity index (χ2n) is 9.56. The first kappa shape index (κ1) is 18.0. The summed E-state index contributed by atoms with van der Waals surface area (Å²) >= 11 is 0. The Kier molecular flexibility index (Phi) is 3.56. The number of rotatable bonds is 0. The Bertz CT molecular complexity index is 862. The van der Waals surface area contributed by atoms with Gasteiger partial charge in [-0.2, -0.15) is 0 Å². The lowest BCUT2D eigenvalue weighted by atomic mass is 9.69. The van der Waals surface area contributed by atoms with E-state index in [-0.39, 0.29) is 22.3 Å². The molecule has 2 aromatic rings. The Hall–Kier alpha value is -2.36. The first-order valence-corrected chi connectivity index (χ1v) is 9.49. The molecule has 0 unspecified atom stereocenters. The first-order chi connectivity index (χ1) is 12.4. The minimum absolute atomic E-state index is 0.137. The van der Waals surface area contributed by atoms with E-state index in [0.29, 0.717) is 24.3 Å². The zero-order valence-corrected chi connectivity index (χ0v) is 16.9. The highest BCUT2D eigenvalue weighted by molar-refractivity contribution is 5.56. The van der Waals surface area contributed by atoms with E-state index < -0.39 is 5.79 Å². The third kappa shape index (κ3) is 2.73. The van der Waals surface area contributed by atoms with Crippen molar-refractivity contribution in [1.82, 2.24) is 0 Å². The summed E-state index contributed by atoms with van der Waals surface area (Å²) in [7, 11) is 0. The molecule has 27 heavy (non-hydrogen) atoms. The highest BCUT2D eigenvalue weighted by Gasteiger charge is 2.54. The number of hydrogen-bond acceptors (Lipinski definition) is 4. The summed E-state index contributed by atoms with van der Waals surface area (Å²) in [6.45, 7) is 12.5. The summed E-state index contributed by atoms with van der Waals surface area (Å²) in [6.07, 6.45) is 1.26. The molecule has 0 aromatic heterocycles. The number of aromatic hydroxyl groups is 2. The molecule has 1 spiro atoms. The van der Waals surface area contributed by atoms with Crippen molar-refractivity contribution in [2.45, 2.75) is 71.0 Å². The van der Waals surface area contributed by atoms with E-state index >= 15 is 0 Å². The van der Waals surface area contributed by atoms with Gasteiger partial charge in [-0.1, -0.05) is 39.8 Å². The molecular formula is C23H28O4. The lowest BCUT2D eigenvalue weighted by Crippen LogP contribution is -2.55. The highest BCUT2D eigenvalue weighted by atomic mass is 16.7. The van der Waals surface area contributed by atoms with E-state index in [1.165, 1.54) is 0 Å². The van der Waals surface area contributed by atoms with Gasteiger partial charge in [0.15, 0.2) is 23.0 Å². The van der Waals surface area contributed by atoms with Gasteiger partial charge in [0, 0.05) is 34.8 Å². The van der Waals surface area contributed by atoms with Gasteiger partial charge in [-0.25, -0.2) is 0 Å². The number of ether oxygens (including phenoxy) is 2. The fourth-order valence-electron chi connectivity index (χ4n) is 4.86. The highest BCUT2D eigenvalue weighted by Crippen LogP contribution is 2.57. The van der Waals surface area contributed by atoms with Gasteiger partial charge in [-0.3, -0.25) is 0 Å². The minimum atomic E-state index is -0.938. The van der Waals surface area contributed by atoms with E-state index in [0.717, 1.165) is 22.3 Å². The maximum Gasteiger partial charge on any atom is 0.253 e. The Morgan fingerprint density at radius 2 is 1.07 bits per heavy atom. The number of aryl methyl sites for hydroxylation is 2. The zero-order chi connectivity index (χ0) is 19.8. The van der Waals surface area contributed by atoms with Crippen LogP contribution in [0.1, 0.15) is 62.8 Å². The van der Waals surface area contributed by atoms with Crippen LogP contribution in [-0.2, 0) is 10.8 Å². The molecule has 0 fully saturated rings. The van der Waals surface area contributed by atoms with Crippen molar-refractivity contribution in [3.63, 3.8) is 0 Å². The number of phenols is 2. The van der Waals surface area contributed by atoms with Crippen LogP contribution in [-0.4, -0.2) is 16.0 Å². The molecule has 2 aliphatic rings. The number of phenolic OH excluding ortho intramolecular Hbond substituents is 2. The van der Waals surface area contributed by atoms with E-state index in [1.54, 1.807) is 12.1 Å². The fraction of sp³-hybridized carbons (Fsp3) is 0.478. The molecule has 0 amide bonds. The van der Waals surface area contributed by atoms with Gasteiger partial charge in [0.05, 0.1) is 0 Å². The van der Waals surface area contributed by atoms with Crippen LogP contribution < -0.4 is 9.47 Å². The van der Waals surface area contributed by atoms with E-state index in [4.69, 9.17) is 9.47 Å². The fourth-order valence-corrected chi connectivity index (χ4v) is 4.86. The summed E-state index contributed by atoms with van der Waals surface area (Å²) < 4.78 is 12.8. The molecule has 0 radical (unpaired) electrons. The third-order valence-corrected chi connectivity index (χ3v) is 5.88. The molecule has 0 saturated carbocycles. The quantitative estimate of drug-likeness (QED) is 0.668. The lowest BCUT2D eigenvalue weighted by Gasteiger charge is -2.51. The predicted octanol–water partition coefficient (Wildman–Crippen LogP) is 5.23. The molecule has 0 bridgehead atoms. The van der Waals surface area contributed by atoms with Crippen LogP contribution in [0.4, 0.5) is 0 Å². The van der Waals surface area contributed by atoms with Gasteiger partial charge in [-0.05, 0) is 37.1 Å². The summed E-state index contributed by atoms with van der Waals surface area (Å²) in [6, 6.07) is 7.59. The smallest absolute Gasteiger partial charge is 0.253 e. The molecule has 2 aromatic carbocycles. The van der Waals surface area contributed by atoms with Crippen LogP contribution in [0, 0.1) is 13.8 Å². The molecule has 144 valence electrons. The molecule has 4 nitrogen and oxygen atoms in total. The van der Waals surface area contributed by atoms with Crippen LogP contribution >= 0.6 is 0 Å². The summed E-state index contributed by atoms with van der Waals surface area (Å²) in [5.74, 6) is 0.312. The van der Waals surface area contributed by atoms with E-state index in [1.807, 2.05) is 13.8 Å². The van der Waals surface area contributed by atoms with Gasteiger partial charge in [0.2, 0.25) is 0 Å². The Balaban J connectivity index is 1.88. The second-order valence-corrected chi connectivity index (χ2v) is 9.56. The van der Waals surface area contributed by atoms with Gasteiger partial charge in [0.25, 0.3) is 5.79 Å². The molecule has 4 rings (SSSR count). The molecule has 0 aliphatic carbocycles. The SMILES string of the molecule is Cc1cc(O)c2c(c1)C(C)(C)CC1(CC(C)(C)c3cc(C)cc(O)c3O1)O2. The van der Waals surface area contributed by atoms with Crippen molar-refractivity contribution < 1.29 is 19.7 Å². The molecule has 2 aliphatic heterocycles. The van der Waals surface area contributed by atoms with E-state index in [9.17, 15) is 10.2 Å². The largest absolute Gasteiger partial charge is 0.504 e. The van der Waals surface area contributed by atoms with Gasteiger partial charge in [0.1, 0.15) is 0 Å². The summed E-state index contributed by atoms with van der Waals surface area (Å²) in [4.78, 5) is 0.